The third-order valence-corrected chi connectivity index (χ3v) is 5.35. The molecule has 1 aromatic carbocycles. The van der Waals surface area contributed by atoms with Gasteiger partial charge in [0.2, 0.25) is 5.91 Å². The average Bonchev–Trinajstić information content (AvgIpc) is 2.63. The van der Waals surface area contributed by atoms with Crippen molar-refractivity contribution in [2.24, 2.45) is 5.73 Å². The van der Waals surface area contributed by atoms with Crippen LogP contribution in [0.3, 0.4) is 0 Å². The molecule has 0 aliphatic carbocycles. The normalized spacial score (nSPS) is 12.5. The summed E-state index contributed by atoms with van der Waals surface area (Å²) in [6.07, 6.45) is 4.04. The van der Waals surface area contributed by atoms with E-state index in [2.05, 4.69) is 10.6 Å². The Kier molecular flexibility index (Phi) is 9.32. The maximum atomic E-state index is 12.6. The second kappa shape index (κ2) is 10.7. The Bertz CT molecular complexity index is 579. The molecule has 0 bridgehead atoms. The van der Waals surface area contributed by atoms with Gasteiger partial charge in [-0.2, -0.15) is 11.8 Å². The molecule has 1 aromatic rings. The number of rotatable bonds is 10. The minimum Gasteiger partial charge on any atom is -0.352 e. The molecule has 1 unspecified atom stereocenters. The number of hydrogen-bond donors (Lipinski definition) is 3. The second-order valence-electron chi connectivity index (χ2n) is 6.07. The van der Waals surface area contributed by atoms with E-state index in [4.69, 9.17) is 17.3 Å². The van der Waals surface area contributed by atoms with Gasteiger partial charge in [0.05, 0.1) is 10.6 Å². The molecule has 4 N–H and O–H groups in total. The lowest BCUT2D eigenvalue weighted by Gasteiger charge is -2.28. The fourth-order valence-electron chi connectivity index (χ4n) is 2.27. The third kappa shape index (κ3) is 6.88. The number of carbonyl (C=O) groups excluding carboxylic acids is 2. The highest BCUT2D eigenvalue weighted by Gasteiger charge is 2.25. The summed E-state index contributed by atoms with van der Waals surface area (Å²) in [6, 6.07) is 6.17. The molecule has 25 heavy (non-hydrogen) atoms. The van der Waals surface area contributed by atoms with Crippen molar-refractivity contribution in [2.75, 3.05) is 18.6 Å². The molecule has 1 atom stereocenters. The summed E-state index contributed by atoms with van der Waals surface area (Å²) in [5, 5.41) is 6.04. The monoisotopic (exact) mass is 385 g/mol. The summed E-state index contributed by atoms with van der Waals surface area (Å²) in [4.78, 5) is 25.0. The van der Waals surface area contributed by atoms with E-state index in [1.165, 1.54) is 0 Å². The van der Waals surface area contributed by atoms with E-state index >= 15 is 0 Å². The van der Waals surface area contributed by atoms with Crippen molar-refractivity contribution in [1.82, 2.24) is 10.6 Å². The molecule has 0 aliphatic rings. The maximum absolute atomic E-state index is 12.6. The first-order valence-corrected chi connectivity index (χ1v) is 10.2. The van der Waals surface area contributed by atoms with Crippen molar-refractivity contribution in [1.29, 1.82) is 0 Å². The minimum atomic E-state index is -0.616. The largest absolute Gasteiger partial charge is 0.352 e. The van der Waals surface area contributed by atoms with E-state index in [-0.39, 0.29) is 11.8 Å². The van der Waals surface area contributed by atoms with Gasteiger partial charge in [-0.25, -0.2) is 0 Å². The van der Waals surface area contributed by atoms with Crippen molar-refractivity contribution in [3.05, 3.63) is 34.9 Å². The molecule has 140 valence electrons. The Labute approximate surface area is 159 Å². The zero-order chi connectivity index (χ0) is 18.9. The Morgan fingerprint density at radius 1 is 1.28 bits per heavy atom. The second-order valence-corrected chi connectivity index (χ2v) is 7.47. The number of thioether (sulfide) groups is 1. The molecule has 5 nitrogen and oxygen atoms in total. The predicted molar refractivity (Wildman–Crippen MR) is 106 cm³/mol. The summed E-state index contributed by atoms with van der Waals surface area (Å²) < 4.78 is 0. The number of amides is 2. The minimum absolute atomic E-state index is 0.217. The van der Waals surface area contributed by atoms with Crippen molar-refractivity contribution < 1.29 is 9.59 Å². The number of nitrogens with one attached hydrogen (secondary N) is 2. The van der Waals surface area contributed by atoms with Crippen molar-refractivity contribution >= 4 is 35.2 Å². The Hall–Kier alpha value is -1.24. The lowest BCUT2D eigenvalue weighted by molar-refractivity contribution is -0.123. The van der Waals surface area contributed by atoms with E-state index in [9.17, 15) is 9.59 Å². The summed E-state index contributed by atoms with van der Waals surface area (Å²) in [5.74, 6) is 0.193. The molecule has 1 rings (SSSR count). The molecule has 0 aromatic heterocycles. The van der Waals surface area contributed by atoms with Crippen LogP contribution in [0.5, 0.6) is 0 Å². The van der Waals surface area contributed by atoms with Crippen molar-refractivity contribution in [3.8, 4) is 0 Å². The van der Waals surface area contributed by atoms with Gasteiger partial charge in [0, 0.05) is 12.1 Å². The van der Waals surface area contributed by atoms with Gasteiger partial charge in [0.25, 0.3) is 5.91 Å². The molecule has 0 saturated carbocycles. The molecule has 0 fully saturated rings. The first-order valence-electron chi connectivity index (χ1n) is 8.47. The van der Waals surface area contributed by atoms with Crippen LogP contribution in [0.25, 0.3) is 0 Å². The van der Waals surface area contributed by atoms with E-state index in [0.717, 1.165) is 18.6 Å². The summed E-state index contributed by atoms with van der Waals surface area (Å²) >= 11 is 7.69. The van der Waals surface area contributed by atoms with Gasteiger partial charge >= 0.3 is 0 Å². The van der Waals surface area contributed by atoms with Gasteiger partial charge < -0.3 is 16.4 Å². The number of hydrogen-bond acceptors (Lipinski definition) is 4. The summed E-state index contributed by atoms with van der Waals surface area (Å²) in [6.45, 7) is 4.39. The third-order valence-electron chi connectivity index (χ3n) is 4.37. The van der Waals surface area contributed by atoms with Gasteiger partial charge in [-0.05, 0) is 43.4 Å². The standard InChI is InChI=1S/C18H28ClN3O2S/c1-4-18(20,5-2)12-21-17(24)15(10-11-25-3)22-16(23)13-8-6-7-9-14(13)19/h6-9,15H,4-5,10-12,20H2,1-3H3,(H,21,24)(H,22,23). The van der Waals surface area contributed by atoms with Crippen LogP contribution in [-0.2, 0) is 4.79 Å². The quantitative estimate of drug-likeness (QED) is 0.578. The lowest BCUT2D eigenvalue weighted by Crippen LogP contribution is -2.54. The Morgan fingerprint density at radius 3 is 2.48 bits per heavy atom. The average molecular weight is 386 g/mol. The fraction of sp³-hybridized carbons (Fsp3) is 0.556. The van der Waals surface area contributed by atoms with Crippen LogP contribution in [0.4, 0.5) is 0 Å². The highest BCUT2D eigenvalue weighted by Crippen LogP contribution is 2.15. The molecule has 0 saturated heterocycles. The van der Waals surface area contributed by atoms with E-state index in [1.807, 2.05) is 20.1 Å². The molecule has 0 aliphatic heterocycles. The molecule has 0 radical (unpaired) electrons. The van der Waals surface area contributed by atoms with E-state index < -0.39 is 11.6 Å². The molecule has 7 heteroatoms. The molecule has 0 heterocycles. The summed E-state index contributed by atoms with van der Waals surface area (Å²) in [5.41, 5.74) is 6.17. The van der Waals surface area contributed by atoms with E-state index in [0.29, 0.717) is 23.6 Å². The lowest BCUT2D eigenvalue weighted by atomic mass is 9.94. The number of carbonyl (C=O) groups is 2. The molecular formula is C18H28ClN3O2S. The number of halogens is 1. The van der Waals surface area contributed by atoms with Crippen molar-refractivity contribution in [3.63, 3.8) is 0 Å². The van der Waals surface area contributed by atoms with E-state index in [1.54, 1.807) is 36.0 Å². The molecule has 2 amide bonds. The van der Waals surface area contributed by atoms with Crippen LogP contribution in [0, 0.1) is 0 Å². The Morgan fingerprint density at radius 2 is 1.92 bits per heavy atom. The maximum Gasteiger partial charge on any atom is 0.253 e. The van der Waals surface area contributed by atoms with Crippen LogP contribution in [0.15, 0.2) is 24.3 Å². The molecular weight excluding hydrogens is 358 g/mol. The van der Waals surface area contributed by atoms with Gasteiger partial charge in [0.15, 0.2) is 0 Å². The smallest absolute Gasteiger partial charge is 0.253 e. The molecule has 0 spiro atoms. The van der Waals surface area contributed by atoms with Gasteiger partial charge in [-0.1, -0.05) is 37.6 Å². The predicted octanol–water partition coefficient (Wildman–Crippen LogP) is 2.83. The highest BCUT2D eigenvalue weighted by atomic mass is 35.5. The van der Waals surface area contributed by atoms with Crippen LogP contribution >= 0.6 is 23.4 Å². The number of benzene rings is 1. The summed E-state index contributed by atoms with van der Waals surface area (Å²) in [7, 11) is 0. The highest BCUT2D eigenvalue weighted by molar-refractivity contribution is 7.98. The van der Waals surface area contributed by atoms with Crippen molar-refractivity contribution in [2.45, 2.75) is 44.7 Å². The van der Waals surface area contributed by atoms with Gasteiger partial charge in [-0.3, -0.25) is 9.59 Å². The first kappa shape index (κ1) is 21.8. The zero-order valence-electron chi connectivity index (χ0n) is 15.1. The van der Waals surface area contributed by atoms with Crippen LogP contribution in [0.1, 0.15) is 43.5 Å². The zero-order valence-corrected chi connectivity index (χ0v) is 16.7. The van der Waals surface area contributed by atoms with Crippen LogP contribution in [0.2, 0.25) is 5.02 Å². The Balaban J connectivity index is 2.77. The number of nitrogens with two attached hydrogens (primary N) is 1. The van der Waals surface area contributed by atoms with Gasteiger partial charge in [0.1, 0.15) is 6.04 Å². The van der Waals surface area contributed by atoms with Crippen LogP contribution < -0.4 is 16.4 Å². The fourth-order valence-corrected chi connectivity index (χ4v) is 2.97. The first-order chi connectivity index (χ1) is 11.9. The SMILES string of the molecule is CCC(N)(CC)CNC(=O)C(CCSC)NC(=O)c1ccccc1Cl. The topological polar surface area (TPSA) is 84.2 Å². The van der Waals surface area contributed by atoms with Crippen LogP contribution in [-0.4, -0.2) is 41.9 Å². The van der Waals surface area contributed by atoms with Gasteiger partial charge in [-0.15, -0.1) is 0 Å².